The molecular weight excluding hydrogens is 325 g/mol. The van der Waals surface area contributed by atoms with Crippen molar-refractivity contribution in [2.45, 2.75) is 10.9 Å². The molecule has 1 heterocycles. The Labute approximate surface area is 125 Å². The normalized spacial score (nSPS) is 20.4. The first kappa shape index (κ1) is 16.0. The van der Waals surface area contributed by atoms with Crippen LogP contribution in [0.25, 0.3) is 0 Å². The molecule has 21 heavy (non-hydrogen) atoms. The van der Waals surface area contributed by atoms with Gasteiger partial charge in [0.1, 0.15) is 10.9 Å². The van der Waals surface area contributed by atoms with Gasteiger partial charge in [-0.05, 0) is 12.1 Å². The highest BCUT2D eigenvalue weighted by Crippen LogP contribution is 2.29. The van der Waals surface area contributed by atoms with Crippen LogP contribution in [0.5, 0.6) is 0 Å². The molecule has 1 aromatic carbocycles. The van der Waals surface area contributed by atoms with Crippen molar-refractivity contribution in [1.82, 2.24) is 4.31 Å². The van der Waals surface area contributed by atoms with E-state index in [1.165, 1.54) is 0 Å². The number of anilines is 1. The summed E-state index contributed by atoms with van der Waals surface area (Å²) in [6.07, 6.45) is 0. The van der Waals surface area contributed by atoms with Gasteiger partial charge in [0, 0.05) is 12.2 Å². The maximum atomic E-state index is 14.0. The summed E-state index contributed by atoms with van der Waals surface area (Å²) in [5.41, 5.74) is 10.6. The van der Waals surface area contributed by atoms with Gasteiger partial charge in [-0.2, -0.15) is 4.31 Å². The van der Waals surface area contributed by atoms with Crippen molar-refractivity contribution in [3.8, 4) is 0 Å². The van der Waals surface area contributed by atoms with E-state index in [0.717, 1.165) is 16.4 Å². The molecule has 0 aromatic heterocycles. The minimum absolute atomic E-state index is 0.0103. The van der Waals surface area contributed by atoms with Crippen molar-refractivity contribution in [1.29, 1.82) is 0 Å². The second kappa shape index (κ2) is 5.76. The van der Waals surface area contributed by atoms with Crippen LogP contribution in [-0.2, 0) is 19.6 Å². The number of ether oxygens (including phenoxy) is 1. The van der Waals surface area contributed by atoms with Crippen LogP contribution < -0.4 is 11.5 Å². The predicted molar refractivity (Wildman–Crippen MR) is 73.5 cm³/mol. The number of hydrogen-bond acceptors (Lipinski definition) is 5. The second-order valence-corrected chi connectivity index (χ2v) is 6.69. The summed E-state index contributed by atoms with van der Waals surface area (Å²) in [4.78, 5) is 10.7. The van der Waals surface area contributed by atoms with Crippen LogP contribution in [0.15, 0.2) is 17.0 Å². The molecular formula is C11H13ClFN3O4S. The highest BCUT2D eigenvalue weighted by Gasteiger charge is 2.39. The van der Waals surface area contributed by atoms with Crippen LogP contribution in [-0.4, -0.2) is 44.4 Å². The number of rotatable bonds is 3. The summed E-state index contributed by atoms with van der Waals surface area (Å²) in [7, 11) is -4.32. The van der Waals surface area contributed by atoms with Gasteiger partial charge < -0.3 is 16.2 Å². The highest BCUT2D eigenvalue weighted by molar-refractivity contribution is 7.89. The van der Waals surface area contributed by atoms with Crippen molar-refractivity contribution in [2.75, 3.05) is 25.5 Å². The Morgan fingerprint density at radius 2 is 2.14 bits per heavy atom. The average molecular weight is 338 g/mol. The summed E-state index contributed by atoms with van der Waals surface area (Å²) >= 11 is 5.61. The van der Waals surface area contributed by atoms with Gasteiger partial charge in [-0.3, -0.25) is 4.79 Å². The number of nitrogens with zero attached hydrogens (tertiary/aromatic N) is 1. The molecule has 0 radical (unpaired) electrons. The molecule has 0 spiro atoms. The monoisotopic (exact) mass is 337 g/mol. The Hall–Kier alpha value is -1.42. The van der Waals surface area contributed by atoms with Crippen molar-refractivity contribution in [2.24, 2.45) is 5.73 Å². The molecule has 0 saturated carbocycles. The molecule has 4 N–H and O–H groups in total. The topological polar surface area (TPSA) is 116 Å². The number of nitrogens with two attached hydrogens (primary N) is 2. The summed E-state index contributed by atoms with van der Waals surface area (Å²) < 4.78 is 44.9. The van der Waals surface area contributed by atoms with Crippen LogP contribution in [0.4, 0.5) is 10.1 Å². The molecule has 7 nitrogen and oxygen atoms in total. The lowest BCUT2D eigenvalue weighted by Gasteiger charge is -2.32. The molecule has 1 aliphatic heterocycles. The van der Waals surface area contributed by atoms with Crippen molar-refractivity contribution >= 4 is 33.2 Å². The van der Waals surface area contributed by atoms with Gasteiger partial charge in [0.2, 0.25) is 15.9 Å². The van der Waals surface area contributed by atoms with Crippen molar-refractivity contribution in [3.63, 3.8) is 0 Å². The molecule has 0 bridgehead atoms. The fraction of sp³-hybridized carbons (Fsp3) is 0.364. The lowest BCUT2D eigenvalue weighted by molar-refractivity contribution is -0.125. The maximum absolute atomic E-state index is 14.0. The molecule has 1 amide bonds. The number of sulfonamides is 1. The Kier molecular flexibility index (Phi) is 4.38. The maximum Gasteiger partial charge on any atom is 0.247 e. The SMILES string of the molecule is NC(=O)C1COCCN1S(=O)(=O)c1cc(N)cc(Cl)c1F. The number of hydrogen-bond donors (Lipinski definition) is 2. The summed E-state index contributed by atoms with van der Waals surface area (Å²) in [6, 6.07) is 0.841. The standard InChI is InChI=1S/C11H13ClFN3O4S/c12-7-3-6(14)4-9(10(7)13)21(18,19)16-1-2-20-5-8(16)11(15)17/h3-4,8H,1-2,5,14H2,(H2,15,17). The van der Waals surface area contributed by atoms with E-state index in [1.807, 2.05) is 0 Å². The molecule has 1 aromatic rings. The molecule has 1 saturated heterocycles. The number of morpholine rings is 1. The van der Waals surface area contributed by atoms with Gasteiger partial charge in [-0.25, -0.2) is 12.8 Å². The zero-order valence-electron chi connectivity index (χ0n) is 10.8. The van der Waals surface area contributed by atoms with E-state index in [1.54, 1.807) is 0 Å². The van der Waals surface area contributed by atoms with Crippen LogP contribution >= 0.6 is 11.6 Å². The summed E-state index contributed by atoms with van der Waals surface area (Å²) in [6.45, 7) is -0.241. The fourth-order valence-electron chi connectivity index (χ4n) is 2.00. The number of amides is 1. The lowest BCUT2D eigenvalue weighted by atomic mass is 10.3. The molecule has 116 valence electrons. The van der Waals surface area contributed by atoms with Crippen LogP contribution in [0.2, 0.25) is 5.02 Å². The molecule has 1 unspecified atom stereocenters. The van der Waals surface area contributed by atoms with Gasteiger partial charge in [0.05, 0.1) is 18.2 Å². The first-order valence-electron chi connectivity index (χ1n) is 5.88. The van der Waals surface area contributed by atoms with Gasteiger partial charge in [-0.15, -0.1) is 0 Å². The Balaban J connectivity index is 2.53. The zero-order chi connectivity index (χ0) is 15.8. The molecule has 2 rings (SSSR count). The van der Waals surface area contributed by atoms with E-state index < -0.39 is 37.7 Å². The number of benzene rings is 1. The third kappa shape index (κ3) is 2.95. The third-order valence-electron chi connectivity index (χ3n) is 3.01. The minimum atomic E-state index is -4.32. The first-order valence-corrected chi connectivity index (χ1v) is 7.70. The number of carbonyl (C=O) groups is 1. The number of nitrogen functional groups attached to an aromatic ring is 1. The smallest absolute Gasteiger partial charge is 0.247 e. The van der Waals surface area contributed by atoms with Crippen LogP contribution in [0.1, 0.15) is 0 Å². The summed E-state index contributed by atoms with van der Waals surface area (Å²) in [5.74, 6) is -2.01. The van der Waals surface area contributed by atoms with E-state index >= 15 is 0 Å². The lowest BCUT2D eigenvalue weighted by Crippen LogP contribution is -2.54. The van der Waals surface area contributed by atoms with Gasteiger partial charge in [0.15, 0.2) is 5.82 Å². The van der Waals surface area contributed by atoms with Crippen LogP contribution in [0, 0.1) is 5.82 Å². The number of primary amides is 1. The van der Waals surface area contributed by atoms with Crippen molar-refractivity contribution in [3.05, 3.63) is 23.0 Å². The van der Waals surface area contributed by atoms with Gasteiger partial charge >= 0.3 is 0 Å². The Bertz CT molecular complexity index is 682. The molecule has 1 fully saturated rings. The van der Waals surface area contributed by atoms with E-state index in [-0.39, 0.29) is 25.4 Å². The highest BCUT2D eigenvalue weighted by atomic mass is 35.5. The molecule has 1 aliphatic rings. The van der Waals surface area contributed by atoms with E-state index in [4.69, 9.17) is 27.8 Å². The molecule has 1 atom stereocenters. The molecule has 0 aliphatic carbocycles. The average Bonchev–Trinajstić information content (AvgIpc) is 2.42. The fourth-order valence-corrected chi connectivity index (χ4v) is 3.97. The Morgan fingerprint density at radius 3 is 2.76 bits per heavy atom. The van der Waals surface area contributed by atoms with E-state index in [9.17, 15) is 17.6 Å². The third-order valence-corrected chi connectivity index (χ3v) is 5.19. The first-order chi connectivity index (χ1) is 9.75. The van der Waals surface area contributed by atoms with Crippen LogP contribution in [0.3, 0.4) is 0 Å². The van der Waals surface area contributed by atoms with E-state index in [2.05, 4.69) is 0 Å². The zero-order valence-corrected chi connectivity index (χ0v) is 12.3. The second-order valence-electron chi connectivity index (χ2n) is 4.42. The van der Waals surface area contributed by atoms with E-state index in [0.29, 0.717) is 0 Å². The van der Waals surface area contributed by atoms with Crippen molar-refractivity contribution < 1.29 is 22.3 Å². The quantitative estimate of drug-likeness (QED) is 0.749. The van der Waals surface area contributed by atoms with Gasteiger partial charge in [0.25, 0.3) is 0 Å². The predicted octanol–water partition coefficient (Wildman–Crippen LogP) is -0.0639. The summed E-state index contributed by atoms with van der Waals surface area (Å²) in [5, 5.41) is -0.419. The minimum Gasteiger partial charge on any atom is -0.399 e. The number of carbonyl (C=O) groups excluding carboxylic acids is 1. The van der Waals surface area contributed by atoms with Gasteiger partial charge in [-0.1, -0.05) is 11.6 Å². The largest absolute Gasteiger partial charge is 0.399 e. The molecule has 10 heteroatoms. The Morgan fingerprint density at radius 1 is 1.48 bits per heavy atom. The number of halogens is 2.